The zero-order chi connectivity index (χ0) is 19.9. The van der Waals surface area contributed by atoms with Gasteiger partial charge in [-0.1, -0.05) is 12.1 Å². The van der Waals surface area contributed by atoms with Gasteiger partial charge in [0.05, 0.1) is 30.7 Å². The van der Waals surface area contributed by atoms with Crippen LogP contribution in [-0.4, -0.2) is 43.5 Å². The Bertz CT molecular complexity index is 910. The van der Waals surface area contributed by atoms with E-state index < -0.39 is 0 Å². The van der Waals surface area contributed by atoms with Crippen LogP contribution in [-0.2, 0) is 0 Å². The highest BCUT2D eigenvalue weighted by molar-refractivity contribution is 5.99. The molecule has 1 unspecified atom stereocenters. The van der Waals surface area contributed by atoms with Gasteiger partial charge in [-0.05, 0) is 50.5 Å². The second-order valence-corrected chi connectivity index (χ2v) is 6.43. The number of furan rings is 1. The fourth-order valence-electron chi connectivity index (χ4n) is 2.87. The molecule has 7 nitrogen and oxygen atoms in total. The van der Waals surface area contributed by atoms with Gasteiger partial charge in [-0.15, -0.1) is 0 Å². The number of nitrogens with zero attached hydrogens (tertiary/aromatic N) is 2. The van der Waals surface area contributed by atoms with Gasteiger partial charge >= 0.3 is 0 Å². The summed E-state index contributed by atoms with van der Waals surface area (Å²) >= 11 is 0. The first-order chi connectivity index (χ1) is 13.6. The molecule has 0 aliphatic heterocycles. The lowest BCUT2D eigenvalue weighted by Gasteiger charge is -2.22. The highest BCUT2D eigenvalue weighted by Gasteiger charge is 2.20. The number of benzene rings is 1. The zero-order valence-electron chi connectivity index (χ0n) is 16.2. The lowest BCUT2D eigenvalue weighted by molar-refractivity contribution is 0.0939. The number of aromatic nitrogens is 1. The summed E-state index contributed by atoms with van der Waals surface area (Å²) in [7, 11) is 5.48. The van der Waals surface area contributed by atoms with Gasteiger partial charge in [-0.2, -0.15) is 0 Å². The van der Waals surface area contributed by atoms with Crippen LogP contribution < -0.4 is 15.4 Å². The number of hydrogen-bond acceptors (Lipinski definition) is 6. The van der Waals surface area contributed by atoms with Crippen LogP contribution in [0.5, 0.6) is 5.75 Å². The molecule has 0 spiro atoms. The molecule has 0 saturated carbocycles. The van der Waals surface area contributed by atoms with Crippen molar-refractivity contribution in [2.45, 2.75) is 6.04 Å². The molecule has 2 N–H and O–H groups in total. The lowest BCUT2D eigenvalue weighted by atomic mass is 10.2. The van der Waals surface area contributed by atoms with Gasteiger partial charge in [-0.3, -0.25) is 9.69 Å². The summed E-state index contributed by atoms with van der Waals surface area (Å²) in [5.41, 5.74) is 1.19. The Morgan fingerprint density at radius 3 is 2.71 bits per heavy atom. The number of ether oxygens (including phenoxy) is 1. The minimum absolute atomic E-state index is 0.0683. The number of pyridine rings is 1. The molecule has 1 amide bonds. The molecule has 0 aliphatic carbocycles. The Labute approximate surface area is 164 Å². The number of nitrogens with one attached hydrogen (secondary N) is 2. The van der Waals surface area contributed by atoms with Crippen LogP contribution in [0.15, 0.2) is 65.4 Å². The second kappa shape index (κ2) is 9.05. The monoisotopic (exact) mass is 380 g/mol. The first-order valence-corrected chi connectivity index (χ1v) is 8.93. The average Bonchev–Trinajstić information content (AvgIpc) is 3.23. The van der Waals surface area contributed by atoms with Crippen molar-refractivity contribution in [3.05, 3.63) is 72.3 Å². The fraction of sp³-hybridized carbons (Fsp3) is 0.238. The van der Waals surface area contributed by atoms with Gasteiger partial charge in [0, 0.05) is 12.7 Å². The molecule has 0 aliphatic rings. The summed E-state index contributed by atoms with van der Waals surface area (Å²) in [4.78, 5) is 19.2. The summed E-state index contributed by atoms with van der Waals surface area (Å²) in [5, 5.41) is 6.16. The van der Waals surface area contributed by atoms with E-state index in [9.17, 15) is 4.79 Å². The van der Waals surface area contributed by atoms with Crippen LogP contribution in [0.2, 0.25) is 0 Å². The van der Waals surface area contributed by atoms with Gasteiger partial charge in [-0.25, -0.2) is 4.98 Å². The summed E-state index contributed by atoms with van der Waals surface area (Å²) in [6.45, 7) is 0.405. The quantitative estimate of drug-likeness (QED) is 0.623. The maximum Gasteiger partial charge on any atom is 0.255 e. The van der Waals surface area contributed by atoms with Crippen molar-refractivity contribution in [1.82, 2.24) is 15.2 Å². The zero-order valence-corrected chi connectivity index (χ0v) is 16.2. The van der Waals surface area contributed by atoms with Crippen LogP contribution in [0.1, 0.15) is 22.2 Å². The second-order valence-electron chi connectivity index (χ2n) is 6.43. The van der Waals surface area contributed by atoms with E-state index in [1.54, 1.807) is 31.7 Å². The predicted octanol–water partition coefficient (Wildman–Crippen LogP) is 3.46. The Balaban J connectivity index is 1.75. The minimum Gasteiger partial charge on any atom is -0.495 e. The van der Waals surface area contributed by atoms with Gasteiger partial charge < -0.3 is 19.8 Å². The summed E-state index contributed by atoms with van der Waals surface area (Å²) in [5.74, 6) is 1.71. The highest BCUT2D eigenvalue weighted by Crippen LogP contribution is 2.27. The van der Waals surface area contributed by atoms with Crippen molar-refractivity contribution < 1.29 is 13.9 Å². The van der Waals surface area contributed by atoms with Crippen LogP contribution in [0.25, 0.3) is 0 Å². The van der Waals surface area contributed by atoms with Crippen molar-refractivity contribution in [3.63, 3.8) is 0 Å². The molecule has 1 aromatic carbocycles. The van der Waals surface area contributed by atoms with E-state index in [-0.39, 0.29) is 11.9 Å². The topological polar surface area (TPSA) is 79.6 Å². The first-order valence-electron chi connectivity index (χ1n) is 8.93. The molecule has 3 rings (SSSR count). The minimum atomic E-state index is -0.219. The standard InChI is InChI=1S/C21H24N4O3/c1-25(2)17(19-11-7-13-28-19)14-23-21(26)15-8-6-12-22-20(15)24-16-9-4-5-10-18(16)27-3/h4-13,17H,14H2,1-3H3,(H,22,24)(H,23,26). The van der Waals surface area contributed by atoms with Crippen molar-refractivity contribution in [2.75, 3.05) is 33.1 Å². The highest BCUT2D eigenvalue weighted by atomic mass is 16.5. The number of hydrogen-bond donors (Lipinski definition) is 2. The van der Waals surface area contributed by atoms with Crippen LogP contribution in [0.3, 0.4) is 0 Å². The van der Waals surface area contributed by atoms with E-state index in [1.807, 2.05) is 55.4 Å². The lowest BCUT2D eigenvalue weighted by Crippen LogP contribution is -2.34. The van der Waals surface area contributed by atoms with E-state index in [0.717, 1.165) is 11.4 Å². The molecule has 28 heavy (non-hydrogen) atoms. The van der Waals surface area contributed by atoms with Crippen LogP contribution in [0, 0.1) is 0 Å². The van der Waals surface area contributed by atoms with Crippen LogP contribution >= 0.6 is 0 Å². The van der Waals surface area contributed by atoms with Crippen LogP contribution in [0.4, 0.5) is 11.5 Å². The maximum absolute atomic E-state index is 12.8. The van der Waals surface area contributed by atoms with E-state index in [2.05, 4.69) is 15.6 Å². The molecule has 0 bridgehead atoms. The fourth-order valence-corrected chi connectivity index (χ4v) is 2.87. The number of anilines is 2. The number of para-hydroxylation sites is 2. The number of amides is 1. The molecule has 2 aromatic heterocycles. The number of carbonyl (C=O) groups excluding carboxylic acids is 1. The molecular formula is C21H24N4O3. The van der Waals surface area contributed by atoms with Gasteiger partial charge in [0.25, 0.3) is 5.91 Å². The van der Waals surface area contributed by atoms with Crippen molar-refractivity contribution >= 4 is 17.4 Å². The van der Waals surface area contributed by atoms with Crippen molar-refractivity contribution in [2.24, 2.45) is 0 Å². The first kappa shape index (κ1) is 19.4. The molecule has 1 atom stereocenters. The smallest absolute Gasteiger partial charge is 0.255 e. The molecule has 0 saturated heterocycles. The van der Waals surface area contributed by atoms with Gasteiger partial charge in [0.15, 0.2) is 0 Å². The Hall–Kier alpha value is -3.32. The summed E-state index contributed by atoms with van der Waals surface area (Å²) in [6.07, 6.45) is 3.27. The summed E-state index contributed by atoms with van der Waals surface area (Å²) in [6, 6.07) is 14.6. The van der Waals surface area contributed by atoms with Gasteiger partial charge in [0.2, 0.25) is 0 Å². The number of rotatable bonds is 8. The summed E-state index contributed by atoms with van der Waals surface area (Å²) < 4.78 is 10.8. The van der Waals surface area contributed by atoms with E-state index in [1.165, 1.54) is 0 Å². The molecule has 2 heterocycles. The largest absolute Gasteiger partial charge is 0.495 e. The molecule has 3 aromatic rings. The Morgan fingerprint density at radius 1 is 1.18 bits per heavy atom. The van der Waals surface area contributed by atoms with E-state index in [4.69, 9.17) is 9.15 Å². The van der Waals surface area contributed by atoms with Crippen molar-refractivity contribution in [1.29, 1.82) is 0 Å². The predicted molar refractivity (Wildman–Crippen MR) is 108 cm³/mol. The SMILES string of the molecule is COc1ccccc1Nc1ncccc1C(=O)NCC(c1ccco1)N(C)C. The Morgan fingerprint density at radius 2 is 2.00 bits per heavy atom. The van der Waals surface area contributed by atoms with E-state index in [0.29, 0.717) is 23.7 Å². The van der Waals surface area contributed by atoms with Crippen molar-refractivity contribution in [3.8, 4) is 5.75 Å². The van der Waals surface area contributed by atoms with E-state index >= 15 is 0 Å². The number of methoxy groups -OCH3 is 1. The number of carbonyl (C=O) groups is 1. The molecular weight excluding hydrogens is 356 g/mol. The maximum atomic E-state index is 12.8. The third kappa shape index (κ3) is 4.50. The molecule has 146 valence electrons. The molecule has 7 heteroatoms. The third-order valence-corrected chi connectivity index (χ3v) is 4.36. The molecule has 0 radical (unpaired) electrons. The molecule has 0 fully saturated rings. The van der Waals surface area contributed by atoms with Gasteiger partial charge in [0.1, 0.15) is 17.3 Å². The third-order valence-electron chi connectivity index (χ3n) is 4.36. The normalized spacial score (nSPS) is 11.9. The average molecular weight is 380 g/mol. The Kier molecular flexibility index (Phi) is 6.29. The number of likely N-dealkylation sites (N-methyl/N-ethyl adjacent to an activating group) is 1.